The van der Waals surface area contributed by atoms with Crippen molar-refractivity contribution >= 4 is 5.69 Å². The van der Waals surface area contributed by atoms with E-state index in [2.05, 4.69) is 21.9 Å². The number of piperazine rings is 1. The van der Waals surface area contributed by atoms with Gasteiger partial charge in [0.25, 0.3) is 5.69 Å². The Morgan fingerprint density at radius 3 is 2.25 bits per heavy atom. The molecule has 1 saturated heterocycles. The van der Waals surface area contributed by atoms with Crippen LogP contribution >= 0.6 is 0 Å². The van der Waals surface area contributed by atoms with Crippen molar-refractivity contribution in [3.8, 4) is 11.1 Å². The van der Waals surface area contributed by atoms with Crippen molar-refractivity contribution in [1.29, 1.82) is 0 Å². The molecule has 2 aromatic carbocycles. The molecule has 0 radical (unpaired) electrons. The van der Waals surface area contributed by atoms with E-state index in [9.17, 15) is 10.1 Å². The molecule has 1 saturated carbocycles. The summed E-state index contributed by atoms with van der Waals surface area (Å²) in [5.41, 5.74) is 3.01. The van der Waals surface area contributed by atoms with Gasteiger partial charge in [0, 0.05) is 44.8 Å². The van der Waals surface area contributed by atoms with Crippen molar-refractivity contribution in [3.05, 3.63) is 64.2 Å². The molecule has 5 nitrogen and oxygen atoms in total. The Morgan fingerprint density at radius 2 is 1.57 bits per heavy atom. The summed E-state index contributed by atoms with van der Waals surface area (Å²) in [7, 11) is 0. The molecule has 0 unspecified atom stereocenters. The average molecular weight is 380 g/mol. The minimum atomic E-state index is -0.310. The Kier molecular flexibility index (Phi) is 6.03. The molecule has 0 N–H and O–H groups in total. The van der Waals surface area contributed by atoms with E-state index < -0.39 is 0 Å². The minimum Gasteiger partial charge on any atom is -0.298 e. The maximum atomic E-state index is 11.3. The number of para-hydroxylation sites is 1. The fourth-order valence-corrected chi connectivity index (χ4v) is 4.66. The van der Waals surface area contributed by atoms with Crippen molar-refractivity contribution in [3.63, 3.8) is 0 Å². The molecule has 1 aliphatic heterocycles. The van der Waals surface area contributed by atoms with Crippen LogP contribution in [-0.2, 0) is 6.54 Å². The highest BCUT2D eigenvalue weighted by atomic mass is 16.6. The Balaban J connectivity index is 1.35. The predicted molar refractivity (Wildman–Crippen MR) is 112 cm³/mol. The van der Waals surface area contributed by atoms with E-state index in [0.717, 1.165) is 31.2 Å². The van der Waals surface area contributed by atoms with E-state index in [1.54, 1.807) is 12.1 Å². The molecule has 2 fully saturated rings. The van der Waals surface area contributed by atoms with Gasteiger partial charge in [-0.25, -0.2) is 0 Å². The molecule has 1 heterocycles. The van der Waals surface area contributed by atoms with Gasteiger partial charge in [0.05, 0.1) is 10.5 Å². The predicted octanol–water partition coefficient (Wildman–Crippen LogP) is 4.71. The molecule has 0 bridgehead atoms. The van der Waals surface area contributed by atoms with Crippen LogP contribution in [0, 0.1) is 10.1 Å². The number of nitro benzene ring substituents is 1. The first-order valence-electron chi connectivity index (χ1n) is 10.5. The average Bonchev–Trinajstić information content (AvgIpc) is 2.75. The van der Waals surface area contributed by atoms with Gasteiger partial charge in [-0.2, -0.15) is 0 Å². The van der Waals surface area contributed by atoms with Gasteiger partial charge in [-0.1, -0.05) is 55.7 Å². The summed E-state index contributed by atoms with van der Waals surface area (Å²) in [4.78, 5) is 16.2. The molecule has 1 aliphatic carbocycles. The van der Waals surface area contributed by atoms with Gasteiger partial charge in [-0.3, -0.25) is 19.9 Å². The Hall–Kier alpha value is -2.24. The molecule has 0 aromatic heterocycles. The number of nitrogens with zero attached hydrogens (tertiary/aromatic N) is 3. The van der Waals surface area contributed by atoms with E-state index in [4.69, 9.17) is 0 Å². The second-order valence-electron chi connectivity index (χ2n) is 8.08. The monoisotopic (exact) mass is 379 g/mol. The molecular formula is C23H29N3O2. The minimum absolute atomic E-state index is 0.161. The molecule has 28 heavy (non-hydrogen) atoms. The van der Waals surface area contributed by atoms with E-state index in [1.165, 1.54) is 50.8 Å². The lowest BCUT2D eigenvalue weighted by Gasteiger charge is -2.40. The molecule has 0 amide bonds. The van der Waals surface area contributed by atoms with Crippen LogP contribution < -0.4 is 0 Å². The smallest absolute Gasteiger partial charge is 0.277 e. The van der Waals surface area contributed by atoms with Crippen LogP contribution in [-0.4, -0.2) is 46.9 Å². The maximum Gasteiger partial charge on any atom is 0.277 e. The van der Waals surface area contributed by atoms with Crippen molar-refractivity contribution in [1.82, 2.24) is 9.80 Å². The Morgan fingerprint density at radius 1 is 0.893 bits per heavy atom. The lowest BCUT2D eigenvalue weighted by Crippen LogP contribution is -2.50. The highest BCUT2D eigenvalue weighted by Crippen LogP contribution is 2.30. The van der Waals surface area contributed by atoms with Crippen LogP contribution in [0.4, 0.5) is 5.69 Å². The molecule has 0 spiro atoms. The third-order valence-electron chi connectivity index (χ3n) is 6.27. The zero-order valence-electron chi connectivity index (χ0n) is 16.4. The van der Waals surface area contributed by atoms with Crippen LogP contribution in [0.15, 0.2) is 48.5 Å². The van der Waals surface area contributed by atoms with Crippen LogP contribution in [0.2, 0.25) is 0 Å². The first-order chi connectivity index (χ1) is 13.7. The van der Waals surface area contributed by atoms with Crippen LogP contribution in [0.1, 0.15) is 37.7 Å². The van der Waals surface area contributed by atoms with Crippen molar-refractivity contribution < 1.29 is 4.92 Å². The maximum absolute atomic E-state index is 11.3. The molecule has 2 aromatic rings. The quantitative estimate of drug-likeness (QED) is 0.557. The topological polar surface area (TPSA) is 49.6 Å². The summed E-state index contributed by atoms with van der Waals surface area (Å²) in [5, 5.41) is 11.3. The zero-order valence-corrected chi connectivity index (χ0v) is 16.4. The lowest BCUT2D eigenvalue weighted by atomic mass is 9.94. The number of rotatable bonds is 5. The second-order valence-corrected chi connectivity index (χ2v) is 8.08. The molecule has 2 aliphatic rings. The van der Waals surface area contributed by atoms with Crippen molar-refractivity contribution in [2.75, 3.05) is 26.2 Å². The van der Waals surface area contributed by atoms with Gasteiger partial charge in [0.15, 0.2) is 0 Å². The van der Waals surface area contributed by atoms with Crippen LogP contribution in [0.25, 0.3) is 11.1 Å². The van der Waals surface area contributed by atoms with Crippen molar-refractivity contribution in [2.24, 2.45) is 0 Å². The Labute approximate surface area is 167 Å². The molecule has 148 valence electrons. The van der Waals surface area contributed by atoms with Gasteiger partial charge < -0.3 is 0 Å². The second kappa shape index (κ2) is 8.84. The largest absolute Gasteiger partial charge is 0.298 e. The highest BCUT2D eigenvalue weighted by Gasteiger charge is 2.25. The van der Waals surface area contributed by atoms with E-state index in [0.29, 0.717) is 5.56 Å². The summed E-state index contributed by atoms with van der Waals surface area (Å²) in [5.74, 6) is 0. The van der Waals surface area contributed by atoms with Gasteiger partial charge >= 0.3 is 0 Å². The standard InChI is InChI=1S/C23H29N3O2/c27-26(28)23-9-5-4-8-22(23)20-12-10-19(11-13-20)18-24-14-16-25(17-15-24)21-6-2-1-3-7-21/h4-5,8-13,21H,1-3,6-7,14-18H2. The molecular weight excluding hydrogens is 350 g/mol. The normalized spacial score (nSPS) is 19.6. The van der Waals surface area contributed by atoms with Crippen molar-refractivity contribution in [2.45, 2.75) is 44.7 Å². The SMILES string of the molecule is O=[N+]([O-])c1ccccc1-c1ccc(CN2CCN(C3CCCCC3)CC2)cc1. The summed E-state index contributed by atoms with van der Waals surface area (Å²) < 4.78 is 0. The van der Waals surface area contributed by atoms with Gasteiger partial charge in [0.1, 0.15) is 0 Å². The summed E-state index contributed by atoms with van der Waals surface area (Å²) in [6.07, 6.45) is 6.98. The summed E-state index contributed by atoms with van der Waals surface area (Å²) >= 11 is 0. The van der Waals surface area contributed by atoms with Crippen LogP contribution in [0.5, 0.6) is 0 Å². The van der Waals surface area contributed by atoms with Gasteiger partial charge in [0.2, 0.25) is 0 Å². The number of hydrogen-bond acceptors (Lipinski definition) is 4. The zero-order chi connectivity index (χ0) is 19.3. The highest BCUT2D eigenvalue weighted by molar-refractivity contribution is 5.73. The molecule has 5 heteroatoms. The number of benzene rings is 2. The molecule has 4 rings (SSSR count). The number of nitro groups is 1. The summed E-state index contributed by atoms with van der Waals surface area (Å²) in [6.45, 7) is 5.57. The van der Waals surface area contributed by atoms with Crippen LogP contribution in [0.3, 0.4) is 0 Å². The van der Waals surface area contributed by atoms with E-state index in [1.807, 2.05) is 24.3 Å². The summed E-state index contributed by atoms with van der Waals surface area (Å²) in [6, 6.07) is 16.0. The third kappa shape index (κ3) is 4.42. The van der Waals surface area contributed by atoms with Gasteiger partial charge in [-0.05, 0) is 30.0 Å². The fourth-order valence-electron chi connectivity index (χ4n) is 4.66. The van der Waals surface area contributed by atoms with E-state index >= 15 is 0 Å². The van der Waals surface area contributed by atoms with Gasteiger partial charge in [-0.15, -0.1) is 0 Å². The van der Waals surface area contributed by atoms with E-state index in [-0.39, 0.29) is 10.6 Å². The lowest BCUT2D eigenvalue weighted by molar-refractivity contribution is -0.384. The fraction of sp³-hybridized carbons (Fsp3) is 0.478. The first kappa shape index (κ1) is 19.1. The Bertz CT molecular complexity index is 792. The number of hydrogen-bond donors (Lipinski definition) is 0. The third-order valence-corrected chi connectivity index (χ3v) is 6.27. The first-order valence-corrected chi connectivity index (χ1v) is 10.5. The molecule has 0 atom stereocenters.